The first kappa shape index (κ1) is 15.1. The third kappa shape index (κ3) is 4.39. The van der Waals surface area contributed by atoms with E-state index in [-0.39, 0.29) is 4.75 Å². The Labute approximate surface area is 127 Å². The smallest absolute Gasteiger partial charge is 0.144 e. The summed E-state index contributed by atoms with van der Waals surface area (Å²) in [5, 5.41) is 0. The Balaban J connectivity index is 2.03. The van der Waals surface area contributed by atoms with Crippen LogP contribution < -0.4 is 0 Å². The van der Waals surface area contributed by atoms with Crippen LogP contribution in [0, 0.1) is 0 Å². The van der Waals surface area contributed by atoms with Crippen LogP contribution in [0.25, 0.3) is 0 Å². The Hall–Kier alpha value is -1.26. The van der Waals surface area contributed by atoms with Crippen LogP contribution in [-0.2, 0) is 17.4 Å². The van der Waals surface area contributed by atoms with E-state index in [0.29, 0.717) is 0 Å². The SMILES string of the molecule is CC(C)(C)[S@@](=O)/N=C/c1ccc(Cc2ccccc2)s1. The lowest BCUT2D eigenvalue weighted by atomic mass is 10.1. The lowest BCUT2D eigenvalue weighted by molar-refractivity contribution is 0.651. The molecule has 1 atom stereocenters. The number of hydrogen-bond donors (Lipinski definition) is 0. The van der Waals surface area contributed by atoms with Crippen LogP contribution in [0.3, 0.4) is 0 Å². The first-order chi connectivity index (χ1) is 9.45. The van der Waals surface area contributed by atoms with Gasteiger partial charge in [0.2, 0.25) is 0 Å². The topological polar surface area (TPSA) is 29.4 Å². The van der Waals surface area contributed by atoms with E-state index < -0.39 is 11.0 Å². The highest BCUT2D eigenvalue weighted by atomic mass is 32.2. The average molecular weight is 305 g/mol. The van der Waals surface area contributed by atoms with Crippen molar-refractivity contribution in [2.75, 3.05) is 0 Å². The van der Waals surface area contributed by atoms with E-state index in [2.05, 4.69) is 34.7 Å². The van der Waals surface area contributed by atoms with Crippen LogP contribution in [0.5, 0.6) is 0 Å². The van der Waals surface area contributed by atoms with Crippen LogP contribution in [0.15, 0.2) is 46.9 Å². The second-order valence-corrected chi connectivity index (χ2v) is 8.70. The molecule has 0 aliphatic carbocycles. The molecule has 1 heterocycles. The second kappa shape index (κ2) is 6.46. The molecule has 2 nitrogen and oxygen atoms in total. The summed E-state index contributed by atoms with van der Waals surface area (Å²) >= 11 is 1.70. The van der Waals surface area contributed by atoms with Gasteiger partial charge >= 0.3 is 0 Å². The monoisotopic (exact) mass is 305 g/mol. The van der Waals surface area contributed by atoms with Gasteiger partial charge in [-0.25, -0.2) is 4.21 Å². The molecule has 0 unspecified atom stereocenters. The number of hydrogen-bond acceptors (Lipinski definition) is 2. The highest BCUT2D eigenvalue weighted by Crippen LogP contribution is 2.19. The lowest BCUT2D eigenvalue weighted by Crippen LogP contribution is -2.19. The van der Waals surface area contributed by atoms with Crippen molar-refractivity contribution in [1.82, 2.24) is 0 Å². The van der Waals surface area contributed by atoms with Gasteiger partial charge in [-0.15, -0.1) is 11.3 Å². The van der Waals surface area contributed by atoms with Crippen molar-refractivity contribution >= 4 is 28.5 Å². The van der Waals surface area contributed by atoms with E-state index in [4.69, 9.17) is 0 Å². The summed E-state index contributed by atoms with van der Waals surface area (Å²) in [7, 11) is -1.19. The normalized spacial score (nSPS) is 13.8. The number of rotatable bonds is 4. The van der Waals surface area contributed by atoms with E-state index in [1.807, 2.05) is 32.9 Å². The maximum absolute atomic E-state index is 11.9. The summed E-state index contributed by atoms with van der Waals surface area (Å²) < 4.78 is 15.7. The van der Waals surface area contributed by atoms with Crippen molar-refractivity contribution < 1.29 is 4.21 Å². The third-order valence-electron chi connectivity index (χ3n) is 2.70. The molecule has 0 amide bonds. The Morgan fingerprint density at radius 3 is 2.50 bits per heavy atom. The quantitative estimate of drug-likeness (QED) is 0.778. The molecule has 1 aromatic carbocycles. The molecule has 0 spiro atoms. The minimum absolute atomic E-state index is 0.305. The molecular weight excluding hydrogens is 286 g/mol. The lowest BCUT2D eigenvalue weighted by Gasteiger charge is -2.12. The van der Waals surface area contributed by atoms with Gasteiger partial charge in [0.25, 0.3) is 0 Å². The second-order valence-electron chi connectivity index (χ2n) is 5.56. The zero-order chi connectivity index (χ0) is 14.6. The fourth-order valence-electron chi connectivity index (χ4n) is 1.61. The molecule has 0 bridgehead atoms. The third-order valence-corrected chi connectivity index (χ3v) is 5.07. The minimum atomic E-state index is -1.19. The summed E-state index contributed by atoms with van der Waals surface area (Å²) in [4.78, 5) is 2.34. The Kier molecular flexibility index (Phi) is 4.89. The first-order valence-electron chi connectivity index (χ1n) is 6.54. The largest absolute Gasteiger partial charge is 0.234 e. The van der Waals surface area contributed by atoms with Gasteiger partial charge in [0.1, 0.15) is 11.0 Å². The van der Waals surface area contributed by atoms with Gasteiger partial charge in [0.15, 0.2) is 0 Å². The molecule has 0 saturated heterocycles. The van der Waals surface area contributed by atoms with Crippen LogP contribution in [0.1, 0.15) is 36.1 Å². The molecule has 0 radical (unpaired) electrons. The van der Waals surface area contributed by atoms with Gasteiger partial charge in [-0.1, -0.05) is 30.3 Å². The highest BCUT2D eigenvalue weighted by Gasteiger charge is 2.18. The zero-order valence-electron chi connectivity index (χ0n) is 12.0. The van der Waals surface area contributed by atoms with Gasteiger partial charge in [0, 0.05) is 16.2 Å². The van der Waals surface area contributed by atoms with Crippen LogP contribution in [-0.4, -0.2) is 15.2 Å². The van der Waals surface area contributed by atoms with Gasteiger partial charge in [-0.3, -0.25) is 0 Å². The van der Waals surface area contributed by atoms with Crippen molar-refractivity contribution in [2.24, 2.45) is 4.40 Å². The molecule has 1 aromatic heterocycles. The standard InChI is InChI=1S/C16H19NOS2/c1-16(2,3)20(18)17-12-15-10-9-14(19-15)11-13-7-5-4-6-8-13/h4-10,12H,11H2,1-3H3/b17-12+/t20-/m1/s1. The minimum Gasteiger partial charge on any atom is -0.234 e. The molecule has 0 N–H and O–H groups in total. The van der Waals surface area contributed by atoms with Crippen LogP contribution >= 0.6 is 11.3 Å². The summed E-state index contributed by atoms with van der Waals surface area (Å²) in [6, 6.07) is 14.5. The Bertz CT molecular complexity index is 609. The van der Waals surface area contributed by atoms with E-state index in [0.717, 1.165) is 11.3 Å². The fourth-order valence-corrected chi connectivity index (χ4v) is 3.13. The predicted octanol–water partition coefficient (Wildman–Crippen LogP) is 4.22. The first-order valence-corrected chi connectivity index (χ1v) is 8.46. The predicted molar refractivity (Wildman–Crippen MR) is 89.1 cm³/mol. The highest BCUT2D eigenvalue weighted by molar-refractivity contribution is 7.85. The molecule has 0 aliphatic heterocycles. The van der Waals surface area contributed by atoms with Crippen molar-refractivity contribution in [1.29, 1.82) is 0 Å². The van der Waals surface area contributed by atoms with Gasteiger partial charge in [-0.2, -0.15) is 4.40 Å². The van der Waals surface area contributed by atoms with Crippen molar-refractivity contribution in [3.05, 3.63) is 57.8 Å². The molecule has 20 heavy (non-hydrogen) atoms. The Morgan fingerprint density at radius 2 is 1.85 bits per heavy atom. The fraction of sp³-hybridized carbons (Fsp3) is 0.312. The van der Waals surface area contributed by atoms with Crippen LogP contribution in [0.2, 0.25) is 0 Å². The molecule has 0 saturated carbocycles. The van der Waals surface area contributed by atoms with E-state index in [1.54, 1.807) is 17.6 Å². The number of nitrogens with zero attached hydrogens (tertiary/aromatic N) is 1. The number of thiophene rings is 1. The maximum atomic E-state index is 11.9. The van der Waals surface area contributed by atoms with Crippen LogP contribution in [0.4, 0.5) is 0 Å². The van der Waals surface area contributed by atoms with E-state index >= 15 is 0 Å². The molecular formula is C16H19NOS2. The molecule has 2 aromatic rings. The molecule has 4 heteroatoms. The number of benzene rings is 1. The van der Waals surface area contributed by atoms with E-state index in [9.17, 15) is 4.21 Å². The van der Waals surface area contributed by atoms with Gasteiger partial charge in [0.05, 0.1) is 11.0 Å². The molecule has 0 fully saturated rings. The summed E-state index contributed by atoms with van der Waals surface area (Å²) in [5.41, 5.74) is 1.30. The average Bonchev–Trinajstić information content (AvgIpc) is 2.83. The Morgan fingerprint density at radius 1 is 1.15 bits per heavy atom. The van der Waals surface area contributed by atoms with Crippen molar-refractivity contribution in [2.45, 2.75) is 31.9 Å². The molecule has 2 rings (SSSR count). The summed E-state index contributed by atoms with van der Waals surface area (Å²) in [5.74, 6) is 0. The van der Waals surface area contributed by atoms with Gasteiger partial charge in [-0.05, 0) is 38.5 Å². The molecule has 0 aliphatic rings. The maximum Gasteiger partial charge on any atom is 0.144 e. The summed E-state index contributed by atoms with van der Waals surface area (Å²) in [6.45, 7) is 5.78. The van der Waals surface area contributed by atoms with Crippen molar-refractivity contribution in [3.8, 4) is 0 Å². The molecule has 106 valence electrons. The van der Waals surface area contributed by atoms with Gasteiger partial charge < -0.3 is 0 Å². The van der Waals surface area contributed by atoms with E-state index in [1.165, 1.54) is 10.4 Å². The zero-order valence-corrected chi connectivity index (χ0v) is 13.6. The van der Waals surface area contributed by atoms with Crippen molar-refractivity contribution in [3.63, 3.8) is 0 Å². The summed E-state index contributed by atoms with van der Waals surface area (Å²) in [6.07, 6.45) is 2.65.